The van der Waals surface area contributed by atoms with E-state index in [2.05, 4.69) is 22.0 Å². The number of likely N-dealkylation sites (N-methyl/N-ethyl adjacent to an activating group) is 1. The van der Waals surface area contributed by atoms with Crippen molar-refractivity contribution in [2.45, 2.75) is 49.9 Å². The summed E-state index contributed by atoms with van der Waals surface area (Å²) in [6.45, 7) is 3.95. The van der Waals surface area contributed by atoms with Gasteiger partial charge in [-0.05, 0) is 46.2 Å². The minimum Gasteiger partial charge on any atom is -0.313 e. The Bertz CT molecular complexity index is 368. The molecule has 0 radical (unpaired) electrons. The molecular weight excluding hydrogens is 250 g/mol. The fourth-order valence-corrected chi connectivity index (χ4v) is 3.35. The zero-order chi connectivity index (χ0) is 13.2. The fourth-order valence-electron chi connectivity index (χ4n) is 2.32. The Balaban J connectivity index is 1.74. The van der Waals surface area contributed by atoms with E-state index in [4.69, 9.17) is 0 Å². The largest absolute Gasteiger partial charge is 0.313 e. The van der Waals surface area contributed by atoms with Crippen molar-refractivity contribution < 1.29 is 8.42 Å². The molecule has 0 spiro atoms. The van der Waals surface area contributed by atoms with Crippen molar-refractivity contribution in [3.63, 3.8) is 0 Å². The van der Waals surface area contributed by atoms with Crippen LogP contribution < -0.4 is 10.0 Å². The van der Waals surface area contributed by atoms with Crippen molar-refractivity contribution in [1.82, 2.24) is 14.9 Å². The molecular formula is C12H25N3O2S. The molecule has 106 valence electrons. The smallest absolute Gasteiger partial charge is 0.215 e. The van der Waals surface area contributed by atoms with Gasteiger partial charge in [0.1, 0.15) is 0 Å². The second-order valence-electron chi connectivity index (χ2n) is 5.66. The van der Waals surface area contributed by atoms with Crippen molar-refractivity contribution in [1.29, 1.82) is 0 Å². The van der Waals surface area contributed by atoms with Gasteiger partial charge in [0, 0.05) is 25.2 Å². The fraction of sp³-hybridized carbons (Fsp3) is 1.00. The van der Waals surface area contributed by atoms with E-state index in [1.807, 2.05) is 0 Å². The summed E-state index contributed by atoms with van der Waals surface area (Å²) in [7, 11) is -1.12. The zero-order valence-electron chi connectivity index (χ0n) is 11.4. The van der Waals surface area contributed by atoms with Gasteiger partial charge in [-0.25, -0.2) is 13.1 Å². The summed E-state index contributed by atoms with van der Waals surface area (Å²) in [6, 6.07) is 0.923. The van der Waals surface area contributed by atoms with Crippen molar-refractivity contribution >= 4 is 10.0 Å². The quantitative estimate of drug-likeness (QED) is 0.694. The first kappa shape index (κ1) is 14.2. The summed E-state index contributed by atoms with van der Waals surface area (Å²) in [5, 5.41) is 2.91. The molecule has 1 saturated heterocycles. The van der Waals surface area contributed by atoms with Crippen LogP contribution in [0.15, 0.2) is 0 Å². The number of hydrogen-bond donors (Lipinski definition) is 2. The maximum atomic E-state index is 12.1. The average molecular weight is 275 g/mol. The molecule has 2 atom stereocenters. The van der Waals surface area contributed by atoms with Crippen LogP contribution in [0.3, 0.4) is 0 Å². The highest BCUT2D eigenvalue weighted by molar-refractivity contribution is 7.90. The van der Waals surface area contributed by atoms with E-state index in [1.54, 1.807) is 6.92 Å². The Hall–Kier alpha value is -0.170. The molecule has 2 rings (SSSR count). The normalized spacial score (nSPS) is 27.6. The van der Waals surface area contributed by atoms with E-state index in [-0.39, 0.29) is 5.25 Å². The minimum absolute atomic E-state index is 0.357. The Morgan fingerprint density at radius 2 is 2.06 bits per heavy atom. The summed E-state index contributed by atoms with van der Waals surface area (Å²) in [5.41, 5.74) is 0. The van der Waals surface area contributed by atoms with Crippen LogP contribution in [0.1, 0.15) is 32.6 Å². The third kappa shape index (κ3) is 3.91. The van der Waals surface area contributed by atoms with Crippen LogP contribution >= 0.6 is 0 Å². The molecule has 1 aliphatic carbocycles. The van der Waals surface area contributed by atoms with Crippen LogP contribution in [0, 0.1) is 0 Å². The summed E-state index contributed by atoms with van der Waals surface area (Å²) in [6.07, 6.45) is 4.63. The molecule has 2 N–H and O–H groups in total. The predicted molar refractivity (Wildman–Crippen MR) is 73.1 cm³/mol. The highest BCUT2D eigenvalue weighted by Crippen LogP contribution is 2.19. The molecule has 2 aliphatic rings. The van der Waals surface area contributed by atoms with Crippen molar-refractivity contribution in [2.24, 2.45) is 0 Å². The summed E-state index contributed by atoms with van der Waals surface area (Å²) in [5.74, 6) is 0. The van der Waals surface area contributed by atoms with Gasteiger partial charge in [-0.2, -0.15) is 0 Å². The molecule has 0 amide bonds. The molecule has 2 fully saturated rings. The van der Waals surface area contributed by atoms with Gasteiger partial charge < -0.3 is 10.2 Å². The first-order valence-electron chi connectivity index (χ1n) is 6.91. The number of rotatable bonds is 7. The molecule has 2 unspecified atom stereocenters. The summed E-state index contributed by atoms with van der Waals surface area (Å²) < 4.78 is 26.9. The van der Waals surface area contributed by atoms with Gasteiger partial charge in [0.15, 0.2) is 0 Å². The number of sulfonamides is 1. The average Bonchev–Trinajstić information content (AvgIpc) is 3.06. The topological polar surface area (TPSA) is 61.4 Å². The van der Waals surface area contributed by atoms with Crippen LogP contribution in [-0.4, -0.2) is 57.3 Å². The Labute approximate surface area is 110 Å². The lowest BCUT2D eigenvalue weighted by Gasteiger charge is -2.21. The van der Waals surface area contributed by atoms with E-state index in [1.165, 1.54) is 19.3 Å². The lowest BCUT2D eigenvalue weighted by Crippen LogP contribution is -2.44. The molecule has 1 saturated carbocycles. The SMILES string of the molecule is CC(CNC1CC1)S(=O)(=O)NCC1CCCN1C. The first-order chi connectivity index (χ1) is 8.49. The molecule has 0 aromatic heterocycles. The van der Waals surface area contributed by atoms with Gasteiger partial charge in [0.25, 0.3) is 0 Å². The van der Waals surface area contributed by atoms with Crippen LogP contribution in [-0.2, 0) is 10.0 Å². The summed E-state index contributed by atoms with van der Waals surface area (Å²) in [4.78, 5) is 2.23. The lowest BCUT2D eigenvalue weighted by atomic mass is 10.2. The van der Waals surface area contributed by atoms with E-state index >= 15 is 0 Å². The van der Waals surface area contributed by atoms with Gasteiger partial charge in [-0.1, -0.05) is 0 Å². The molecule has 0 bridgehead atoms. The molecule has 18 heavy (non-hydrogen) atoms. The molecule has 6 heteroatoms. The third-order valence-corrected chi connectivity index (χ3v) is 5.79. The number of hydrogen-bond acceptors (Lipinski definition) is 4. The zero-order valence-corrected chi connectivity index (χ0v) is 12.2. The molecule has 1 heterocycles. The van der Waals surface area contributed by atoms with Crippen molar-refractivity contribution in [3.05, 3.63) is 0 Å². The van der Waals surface area contributed by atoms with E-state index in [0.717, 1.165) is 13.0 Å². The van der Waals surface area contributed by atoms with Crippen molar-refractivity contribution in [2.75, 3.05) is 26.7 Å². The second kappa shape index (κ2) is 5.86. The predicted octanol–water partition coefficient (Wildman–Crippen LogP) is 0.141. The van der Waals surface area contributed by atoms with Gasteiger partial charge in [-0.15, -0.1) is 0 Å². The molecule has 1 aliphatic heterocycles. The van der Waals surface area contributed by atoms with E-state index < -0.39 is 10.0 Å². The lowest BCUT2D eigenvalue weighted by molar-refractivity contribution is 0.310. The third-order valence-electron chi connectivity index (χ3n) is 3.99. The van der Waals surface area contributed by atoms with Gasteiger partial charge in [-0.3, -0.25) is 0 Å². The van der Waals surface area contributed by atoms with Gasteiger partial charge in [0.2, 0.25) is 10.0 Å². The monoisotopic (exact) mass is 275 g/mol. The number of likely N-dealkylation sites (tertiary alicyclic amines) is 1. The number of nitrogens with one attached hydrogen (secondary N) is 2. The number of nitrogens with zero attached hydrogens (tertiary/aromatic N) is 1. The van der Waals surface area contributed by atoms with Crippen LogP contribution in [0.4, 0.5) is 0 Å². The van der Waals surface area contributed by atoms with E-state index in [0.29, 0.717) is 25.2 Å². The van der Waals surface area contributed by atoms with Gasteiger partial charge in [0.05, 0.1) is 5.25 Å². The van der Waals surface area contributed by atoms with E-state index in [9.17, 15) is 8.42 Å². The van der Waals surface area contributed by atoms with Crippen molar-refractivity contribution in [3.8, 4) is 0 Å². The highest BCUT2D eigenvalue weighted by Gasteiger charge is 2.27. The van der Waals surface area contributed by atoms with Crippen LogP contribution in [0.2, 0.25) is 0 Å². The standard InChI is InChI=1S/C12H25N3O2S/c1-10(8-13-11-5-6-11)18(16,17)14-9-12-4-3-7-15(12)2/h10-14H,3-9H2,1-2H3. The maximum absolute atomic E-state index is 12.1. The second-order valence-corrected chi connectivity index (χ2v) is 7.85. The van der Waals surface area contributed by atoms with Crippen LogP contribution in [0.25, 0.3) is 0 Å². The highest BCUT2D eigenvalue weighted by atomic mass is 32.2. The Morgan fingerprint density at radius 3 is 2.61 bits per heavy atom. The Morgan fingerprint density at radius 1 is 1.33 bits per heavy atom. The summed E-state index contributed by atoms with van der Waals surface area (Å²) >= 11 is 0. The molecule has 0 aromatic rings. The van der Waals surface area contributed by atoms with Gasteiger partial charge >= 0.3 is 0 Å². The molecule has 5 nitrogen and oxygen atoms in total. The minimum atomic E-state index is -3.18. The maximum Gasteiger partial charge on any atom is 0.215 e. The molecule has 0 aromatic carbocycles. The first-order valence-corrected chi connectivity index (χ1v) is 8.46. The van der Waals surface area contributed by atoms with Crippen LogP contribution in [0.5, 0.6) is 0 Å². The Kier molecular flexibility index (Phi) is 4.64.